The molecule has 0 radical (unpaired) electrons. The smallest absolute Gasteiger partial charge is 0.344 e. The molecule has 1 heterocycles. The molecule has 8 heteroatoms. The van der Waals surface area contributed by atoms with Crippen molar-refractivity contribution in [2.45, 2.75) is 46.1 Å². The van der Waals surface area contributed by atoms with Gasteiger partial charge in [-0.3, -0.25) is 4.79 Å². The summed E-state index contributed by atoms with van der Waals surface area (Å²) < 4.78 is 33.7. The number of ether oxygens (including phenoxy) is 2. The Morgan fingerprint density at radius 3 is 2.50 bits per heavy atom. The summed E-state index contributed by atoms with van der Waals surface area (Å²) in [7, 11) is -3.09. The molecular weight excluding hydrogens is 382 g/mol. The molecule has 0 unspecified atom stereocenters. The molecule has 7 nitrogen and oxygen atoms in total. The van der Waals surface area contributed by atoms with Gasteiger partial charge in [-0.25, -0.2) is 13.2 Å². The van der Waals surface area contributed by atoms with Crippen molar-refractivity contribution >= 4 is 21.7 Å². The highest BCUT2D eigenvalue weighted by Gasteiger charge is 2.34. The van der Waals surface area contributed by atoms with E-state index in [0.29, 0.717) is 24.6 Å². The van der Waals surface area contributed by atoms with Crippen molar-refractivity contribution in [3.8, 4) is 5.75 Å². The number of carbonyl (C=O) groups is 2. The van der Waals surface area contributed by atoms with Crippen molar-refractivity contribution in [1.29, 1.82) is 0 Å². The van der Waals surface area contributed by atoms with Crippen LogP contribution in [-0.2, 0) is 24.2 Å². The van der Waals surface area contributed by atoms with Gasteiger partial charge in [0.25, 0.3) is 5.91 Å². The van der Waals surface area contributed by atoms with Gasteiger partial charge in [0.05, 0.1) is 11.5 Å². The zero-order chi connectivity index (χ0) is 20.9. The highest BCUT2D eigenvalue weighted by atomic mass is 32.2. The maximum atomic E-state index is 12.3. The van der Waals surface area contributed by atoms with Crippen molar-refractivity contribution in [2.75, 3.05) is 31.3 Å². The summed E-state index contributed by atoms with van der Waals surface area (Å²) in [6.45, 7) is 7.64. The summed E-state index contributed by atoms with van der Waals surface area (Å²) in [5, 5.41) is 0. The predicted octanol–water partition coefficient (Wildman–Crippen LogP) is 2.08. The van der Waals surface area contributed by atoms with Crippen LogP contribution >= 0.6 is 0 Å². The maximum Gasteiger partial charge on any atom is 0.344 e. The summed E-state index contributed by atoms with van der Waals surface area (Å²) in [5.74, 6) is -0.0125. The van der Waals surface area contributed by atoms with E-state index in [4.69, 9.17) is 9.47 Å². The van der Waals surface area contributed by atoms with Crippen LogP contribution < -0.4 is 4.74 Å². The molecule has 1 aliphatic rings. The van der Waals surface area contributed by atoms with Gasteiger partial charge < -0.3 is 14.4 Å². The van der Waals surface area contributed by atoms with E-state index in [1.165, 1.54) is 10.5 Å². The lowest BCUT2D eigenvalue weighted by Crippen LogP contribution is -2.43. The largest absolute Gasteiger partial charge is 0.482 e. The number of hydrogen-bond donors (Lipinski definition) is 0. The van der Waals surface area contributed by atoms with E-state index in [9.17, 15) is 18.0 Å². The van der Waals surface area contributed by atoms with Crippen molar-refractivity contribution in [3.05, 3.63) is 29.3 Å². The number of aryl methyl sites for hydroxylation is 1. The minimum absolute atomic E-state index is 0.0324. The summed E-state index contributed by atoms with van der Waals surface area (Å²) in [6.07, 6.45) is 0.421. The molecule has 1 amide bonds. The van der Waals surface area contributed by atoms with E-state index in [1.54, 1.807) is 13.0 Å². The first-order valence-electron chi connectivity index (χ1n) is 9.51. The molecule has 1 aromatic rings. The molecule has 1 aliphatic heterocycles. The Morgan fingerprint density at radius 1 is 1.25 bits per heavy atom. The van der Waals surface area contributed by atoms with Crippen LogP contribution in [0.4, 0.5) is 0 Å². The third-order valence-electron chi connectivity index (χ3n) is 4.89. The Morgan fingerprint density at radius 2 is 1.96 bits per heavy atom. The Kier molecular flexibility index (Phi) is 7.46. The summed E-state index contributed by atoms with van der Waals surface area (Å²) in [4.78, 5) is 25.7. The number of amides is 1. The van der Waals surface area contributed by atoms with Crippen molar-refractivity contribution in [1.82, 2.24) is 4.90 Å². The summed E-state index contributed by atoms with van der Waals surface area (Å²) >= 11 is 0. The Hall–Kier alpha value is -2.09. The van der Waals surface area contributed by atoms with Crippen LogP contribution in [-0.4, -0.2) is 62.5 Å². The van der Waals surface area contributed by atoms with Crippen molar-refractivity contribution in [3.63, 3.8) is 0 Å². The third-order valence-corrected chi connectivity index (χ3v) is 6.64. The van der Waals surface area contributed by atoms with Crippen LogP contribution in [0.3, 0.4) is 0 Å². The van der Waals surface area contributed by atoms with Crippen LogP contribution in [0, 0.1) is 6.92 Å². The lowest BCUT2D eigenvalue weighted by molar-refractivity contribution is -0.154. The van der Waals surface area contributed by atoms with Gasteiger partial charge in [-0.2, -0.15) is 0 Å². The van der Waals surface area contributed by atoms with Crippen LogP contribution in [0.1, 0.15) is 44.2 Å². The fourth-order valence-corrected chi connectivity index (χ4v) is 5.18. The zero-order valence-corrected chi connectivity index (χ0v) is 17.8. The van der Waals surface area contributed by atoms with Gasteiger partial charge in [0.2, 0.25) is 0 Å². The first kappa shape index (κ1) is 22.2. The number of sulfone groups is 1. The SMILES string of the molecule is CCN(C(=O)COC(=O)COc1ccc(C(C)C)c(C)c1)[C@@H]1CCS(=O)(=O)C1. The molecule has 1 saturated heterocycles. The number of carbonyl (C=O) groups excluding carboxylic acids is 2. The topological polar surface area (TPSA) is 90.0 Å². The van der Waals surface area contributed by atoms with E-state index in [0.717, 1.165) is 5.56 Å². The molecule has 156 valence electrons. The zero-order valence-electron chi connectivity index (χ0n) is 16.9. The fourth-order valence-electron chi connectivity index (χ4n) is 3.45. The number of hydrogen-bond acceptors (Lipinski definition) is 6. The molecule has 0 spiro atoms. The number of esters is 1. The van der Waals surface area contributed by atoms with Crippen molar-refractivity contribution in [2.24, 2.45) is 0 Å². The highest BCUT2D eigenvalue weighted by molar-refractivity contribution is 7.91. The highest BCUT2D eigenvalue weighted by Crippen LogP contribution is 2.23. The second-order valence-corrected chi connectivity index (χ2v) is 9.59. The molecule has 0 aliphatic carbocycles. The first-order valence-corrected chi connectivity index (χ1v) is 11.3. The molecule has 2 rings (SSSR count). The average molecular weight is 412 g/mol. The van der Waals surface area contributed by atoms with Gasteiger partial charge in [-0.05, 0) is 49.4 Å². The molecule has 1 fully saturated rings. The molecular formula is C20H29NO6S. The van der Waals surface area contributed by atoms with Gasteiger partial charge in [0, 0.05) is 12.6 Å². The molecule has 0 aromatic heterocycles. The molecule has 0 N–H and O–H groups in total. The monoisotopic (exact) mass is 411 g/mol. The van der Waals surface area contributed by atoms with Gasteiger partial charge in [0.15, 0.2) is 23.1 Å². The van der Waals surface area contributed by atoms with Crippen LogP contribution in [0.2, 0.25) is 0 Å². The van der Waals surface area contributed by atoms with E-state index in [1.807, 2.05) is 19.1 Å². The standard InChI is InChI=1S/C20H29NO6S/c1-5-21(16-8-9-28(24,25)13-16)19(22)11-27-20(23)12-26-17-6-7-18(14(2)3)15(4)10-17/h6-7,10,14,16H,5,8-9,11-13H2,1-4H3/t16-/m1/s1. The van der Waals surface area contributed by atoms with E-state index >= 15 is 0 Å². The quantitative estimate of drug-likeness (QED) is 0.609. The number of rotatable bonds is 8. The second-order valence-electron chi connectivity index (χ2n) is 7.36. The van der Waals surface area contributed by atoms with Crippen LogP contribution in [0.15, 0.2) is 18.2 Å². The first-order chi connectivity index (χ1) is 13.1. The van der Waals surface area contributed by atoms with Gasteiger partial charge in [-0.15, -0.1) is 0 Å². The molecule has 0 bridgehead atoms. The predicted molar refractivity (Wildman–Crippen MR) is 106 cm³/mol. The second kappa shape index (κ2) is 9.41. The number of likely N-dealkylation sites (N-methyl/N-ethyl adjacent to an activating group) is 1. The lowest BCUT2D eigenvalue weighted by Gasteiger charge is -2.26. The Labute approximate surface area is 166 Å². The van der Waals surface area contributed by atoms with Gasteiger partial charge >= 0.3 is 5.97 Å². The maximum absolute atomic E-state index is 12.3. The third kappa shape index (κ3) is 5.95. The minimum Gasteiger partial charge on any atom is -0.482 e. The summed E-state index contributed by atoms with van der Waals surface area (Å²) in [5.41, 5.74) is 2.30. The number of benzene rings is 1. The lowest BCUT2D eigenvalue weighted by atomic mass is 9.98. The minimum atomic E-state index is -3.09. The Balaban J connectivity index is 1.81. The molecule has 28 heavy (non-hydrogen) atoms. The molecule has 0 saturated carbocycles. The fraction of sp³-hybridized carbons (Fsp3) is 0.600. The molecule has 1 aromatic carbocycles. The normalized spacial score (nSPS) is 18.1. The average Bonchev–Trinajstić information content (AvgIpc) is 2.98. The summed E-state index contributed by atoms with van der Waals surface area (Å²) in [6, 6.07) is 5.30. The van der Waals surface area contributed by atoms with E-state index < -0.39 is 28.3 Å². The van der Waals surface area contributed by atoms with E-state index in [-0.39, 0.29) is 24.2 Å². The van der Waals surface area contributed by atoms with E-state index in [2.05, 4.69) is 13.8 Å². The van der Waals surface area contributed by atoms with Crippen LogP contribution in [0.5, 0.6) is 5.75 Å². The van der Waals surface area contributed by atoms with Crippen molar-refractivity contribution < 1.29 is 27.5 Å². The van der Waals surface area contributed by atoms with Gasteiger partial charge in [0.1, 0.15) is 5.75 Å². The molecule has 1 atom stereocenters. The Bertz CT molecular complexity index is 818. The van der Waals surface area contributed by atoms with Gasteiger partial charge in [-0.1, -0.05) is 19.9 Å². The van der Waals surface area contributed by atoms with Crippen LogP contribution in [0.25, 0.3) is 0 Å². The number of nitrogens with zero attached hydrogens (tertiary/aromatic N) is 1.